The highest BCUT2D eigenvalue weighted by Gasteiger charge is 2.18. The second-order valence-corrected chi connectivity index (χ2v) is 5.84. The third-order valence-corrected chi connectivity index (χ3v) is 4.31. The third kappa shape index (κ3) is 2.68. The summed E-state index contributed by atoms with van der Waals surface area (Å²) in [5.41, 5.74) is 0.742. The largest absolute Gasteiger partial charge is 0.348 e. The van der Waals surface area contributed by atoms with E-state index < -0.39 is 0 Å². The van der Waals surface area contributed by atoms with E-state index in [0.717, 1.165) is 15.6 Å². The van der Waals surface area contributed by atoms with Gasteiger partial charge in [-0.05, 0) is 12.0 Å². The van der Waals surface area contributed by atoms with Crippen molar-refractivity contribution in [2.24, 2.45) is 5.92 Å². The van der Waals surface area contributed by atoms with Crippen LogP contribution in [-0.4, -0.2) is 17.8 Å². The van der Waals surface area contributed by atoms with Crippen LogP contribution in [-0.2, 0) is 0 Å². The van der Waals surface area contributed by atoms with E-state index in [-0.39, 0.29) is 11.9 Å². The lowest BCUT2D eigenvalue weighted by Gasteiger charge is -2.19. The van der Waals surface area contributed by atoms with Gasteiger partial charge in [-0.25, -0.2) is 0 Å². The summed E-state index contributed by atoms with van der Waals surface area (Å²) in [5.74, 6) is 0.731. The number of hydrogen-bond acceptors (Lipinski definition) is 2. The Morgan fingerprint density at radius 1 is 1.39 bits per heavy atom. The average Bonchev–Trinajstić information content (AvgIpc) is 2.79. The topological polar surface area (TPSA) is 29.1 Å². The number of halogens is 1. The first-order valence-electron chi connectivity index (χ1n) is 5.96. The predicted octanol–water partition coefficient (Wildman–Crippen LogP) is 3.89. The van der Waals surface area contributed by atoms with Crippen molar-refractivity contribution in [3.63, 3.8) is 0 Å². The average molecular weight is 282 g/mol. The van der Waals surface area contributed by atoms with Gasteiger partial charge in [-0.3, -0.25) is 4.79 Å². The first-order valence-corrected chi connectivity index (χ1v) is 7.38. The Morgan fingerprint density at radius 3 is 2.78 bits per heavy atom. The number of thiophene rings is 1. The van der Waals surface area contributed by atoms with Gasteiger partial charge < -0.3 is 5.32 Å². The maximum atomic E-state index is 12.2. The van der Waals surface area contributed by atoms with Crippen LogP contribution in [0.25, 0.3) is 10.1 Å². The molecule has 0 unspecified atom stereocenters. The predicted molar refractivity (Wildman–Crippen MR) is 78.6 cm³/mol. The fourth-order valence-electron chi connectivity index (χ4n) is 1.78. The van der Waals surface area contributed by atoms with Gasteiger partial charge in [-0.1, -0.05) is 32.0 Å². The molecule has 0 saturated heterocycles. The van der Waals surface area contributed by atoms with Gasteiger partial charge >= 0.3 is 0 Å². The van der Waals surface area contributed by atoms with Crippen molar-refractivity contribution in [3.05, 3.63) is 35.2 Å². The zero-order valence-corrected chi connectivity index (χ0v) is 12.0. The van der Waals surface area contributed by atoms with Crippen molar-refractivity contribution >= 4 is 38.9 Å². The molecule has 0 aliphatic rings. The first-order chi connectivity index (χ1) is 8.63. The molecule has 1 heterocycles. The van der Waals surface area contributed by atoms with Crippen molar-refractivity contribution in [1.82, 2.24) is 5.32 Å². The zero-order chi connectivity index (χ0) is 13.1. The molecule has 1 amide bonds. The van der Waals surface area contributed by atoms with Crippen LogP contribution in [0.5, 0.6) is 0 Å². The van der Waals surface area contributed by atoms with Gasteiger partial charge in [0.05, 0.1) is 5.56 Å². The zero-order valence-electron chi connectivity index (χ0n) is 10.4. The minimum atomic E-state index is -0.0354. The number of carbonyl (C=O) groups is 1. The van der Waals surface area contributed by atoms with Crippen LogP contribution in [0.2, 0.25) is 0 Å². The maximum Gasteiger partial charge on any atom is 0.253 e. The Bertz CT molecular complexity index is 549. The standard InChI is InChI=1S/C14H16ClNOS/c1-9(2)12(7-15)16-14(17)11-8-18-13-6-4-3-5-10(11)13/h3-6,8-9,12H,7H2,1-2H3,(H,16,17)/t12-/m1/s1. The lowest BCUT2D eigenvalue weighted by molar-refractivity contribution is 0.0933. The summed E-state index contributed by atoms with van der Waals surface area (Å²) in [4.78, 5) is 12.2. The Balaban J connectivity index is 2.23. The second kappa shape index (κ2) is 5.72. The van der Waals surface area contributed by atoms with E-state index in [4.69, 9.17) is 11.6 Å². The molecule has 0 saturated carbocycles. The van der Waals surface area contributed by atoms with Gasteiger partial charge in [0.15, 0.2) is 0 Å². The summed E-state index contributed by atoms with van der Waals surface area (Å²) in [5, 5.41) is 5.92. The molecular weight excluding hydrogens is 266 g/mol. The molecule has 2 nitrogen and oxygen atoms in total. The van der Waals surface area contributed by atoms with Crippen LogP contribution < -0.4 is 5.32 Å². The molecule has 0 aliphatic carbocycles. The van der Waals surface area contributed by atoms with Gasteiger partial charge in [-0.2, -0.15) is 0 Å². The minimum absolute atomic E-state index is 0.0119. The molecule has 0 fully saturated rings. The number of nitrogens with one attached hydrogen (secondary N) is 1. The molecule has 1 aromatic carbocycles. The van der Waals surface area contributed by atoms with E-state index in [0.29, 0.717) is 11.8 Å². The summed E-state index contributed by atoms with van der Waals surface area (Å²) < 4.78 is 1.13. The van der Waals surface area contributed by atoms with Crippen LogP contribution in [0.4, 0.5) is 0 Å². The van der Waals surface area contributed by atoms with E-state index >= 15 is 0 Å². The molecule has 0 radical (unpaired) electrons. The fraction of sp³-hybridized carbons (Fsp3) is 0.357. The van der Waals surface area contributed by atoms with Gasteiger partial charge in [0.25, 0.3) is 5.91 Å². The molecular formula is C14H16ClNOS. The minimum Gasteiger partial charge on any atom is -0.348 e. The highest BCUT2D eigenvalue weighted by molar-refractivity contribution is 7.17. The monoisotopic (exact) mass is 281 g/mol. The Kier molecular flexibility index (Phi) is 4.25. The summed E-state index contributed by atoms with van der Waals surface area (Å²) in [6.07, 6.45) is 0. The van der Waals surface area contributed by atoms with Crippen molar-refractivity contribution in [2.45, 2.75) is 19.9 Å². The molecule has 1 atom stereocenters. The molecule has 1 N–H and O–H groups in total. The van der Waals surface area contributed by atoms with E-state index in [1.54, 1.807) is 11.3 Å². The maximum absolute atomic E-state index is 12.2. The van der Waals surface area contributed by atoms with Crippen LogP contribution in [0.15, 0.2) is 29.6 Å². The van der Waals surface area contributed by atoms with Gasteiger partial charge in [0.1, 0.15) is 0 Å². The van der Waals surface area contributed by atoms with Crippen LogP contribution in [0.1, 0.15) is 24.2 Å². The van der Waals surface area contributed by atoms with Crippen molar-refractivity contribution in [1.29, 1.82) is 0 Å². The summed E-state index contributed by atoms with van der Waals surface area (Å²) >= 11 is 7.47. The van der Waals surface area contributed by atoms with Gasteiger partial charge in [0.2, 0.25) is 0 Å². The summed E-state index contributed by atoms with van der Waals surface area (Å²) in [6.45, 7) is 4.11. The molecule has 1 aromatic heterocycles. The van der Waals surface area contributed by atoms with Crippen molar-refractivity contribution in [2.75, 3.05) is 5.88 Å². The van der Waals surface area contributed by atoms with Gasteiger partial charge in [0, 0.05) is 27.4 Å². The number of alkyl halides is 1. The van der Waals surface area contributed by atoms with Crippen molar-refractivity contribution in [3.8, 4) is 0 Å². The quantitative estimate of drug-likeness (QED) is 0.846. The normalized spacial score (nSPS) is 12.9. The van der Waals surface area contributed by atoms with Crippen LogP contribution in [0, 0.1) is 5.92 Å². The molecule has 0 spiro atoms. The van der Waals surface area contributed by atoms with Crippen LogP contribution >= 0.6 is 22.9 Å². The number of amides is 1. The molecule has 0 aliphatic heterocycles. The van der Waals surface area contributed by atoms with Crippen LogP contribution in [0.3, 0.4) is 0 Å². The molecule has 4 heteroatoms. The van der Waals surface area contributed by atoms with Crippen molar-refractivity contribution < 1.29 is 4.79 Å². The van der Waals surface area contributed by atoms with E-state index in [2.05, 4.69) is 19.2 Å². The Morgan fingerprint density at radius 2 is 2.11 bits per heavy atom. The molecule has 2 aromatic rings. The number of fused-ring (bicyclic) bond motifs is 1. The molecule has 18 heavy (non-hydrogen) atoms. The first kappa shape index (κ1) is 13.4. The van der Waals surface area contributed by atoms with E-state index in [9.17, 15) is 4.79 Å². The summed E-state index contributed by atoms with van der Waals surface area (Å²) in [7, 11) is 0. The Labute approximate surface area is 116 Å². The smallest absolute Gasteiger partial charge is 0.253 e. The number of benzene rings is 1. The highest BCUT2D eigenvalue weighted by atomic mass is 35.5. The summed E-state index contributed by atoms with van der Waals surface area (Å²) in [6, 6.07) is 7.95. The van der Waals surface area contributed by atoms with Gasteiger partial charge in [-0.15, -0.1) is 22.9 Å². The number of hydrogen-bond donors (Lipinski definition) is 1. The number of carbonyl (C=O) groups excluding carboxylic acids is 1. The second-order valence-electron chi connectivity index (χ2n) is 4.62. The van der Waals surface area contributed by atoms with E-state index in [1.807, 2.05) is 29.6 Å². The lowest BCUT2D eigenvalue weighted by Crippen LogP contribution is -2.39. The van der Waals surface area contributed by atoms with E-state index in [1.165, 1.54) is 0 Å². The lowest BCUT2D eigenvalue weighted by atomic mass is 10.1. The SMILES string of the molecule is CC(C)[C@@H](CCl)NC(=O)c1csc2ccccc12. The highest BCUT2D eigenvalue weighted by Crippen LogP contribution is 2.25. The number of rotatable bonds is 4. The third-order valence-electron chi connectivity index (χ3n) is 3.01. The molecule has 0 bridgehead atoms. The molecule has 2 rings (SSSR count). The molecule has 96 valence electrons. The fourth-order valence-corrected chi connectivity index (χ4v) is 3.16. The Hall–Kier alpha value is -1.06.